The molecule has 0 aromatic carbocycles. The molecule has 1 atom stereocenters. The van der Waals surface area contributed by atoms with Crippen LogP contribution in [0.1, 0.15) is 37.8 Å². The molecule has 1 aliphatic heterocycles. The van der Waals surface area contributed by atoms with E-state index < -0.39 is 21.8 Å². The number of piperidine rings is 1. The first-order valence-electron chi connectivity index (χ1n) is 11.1. The second-order valence-corrected chi connectivity index (χ2v) is 10.7. The van der Waals surface area contributed by atoms with Crippen molar-refractivity contribution in [2.45, 2.75) is 38.9 Å². The van der Waals surface area contributed by atoms with Gasteiger partial charge in [0.25, 0.3) is 0 Å². The molecule has 1 aliphatic rings. The van der Waals surface area contributed by atoms with Crippen LogP contribution in [-0.2, 0) is 16.2 Å². The highest BCUT2D eigenvalue weighted by molar-refractivity contribution is 7.89. The summed E-state index contributed by atoms with van der Waals surface area (Å²) < 4.78 is 65.4. The van der Waals surface area contributed by atoms with E-state index in [1.165, 1.54) is 16.7 Å². The predicted octanol–water partition coefficient (Wildman–Crippen LogP) is 3.77. The van der Waals surface area contributed by atoms with Crippen LogP contribution in [0, 0.1) is 17.2 Å². The van der Waals surface area contributed by atoms with Crippen molar-refractivity contribution in [1.29, 1.82) is 5.26 Å². The van der Waals surface area contributed by atoms with Gasteiger partial charge in [-0.05, 0) is 38.7 Å². The third-order valence-corrected chi connectivity index (χ3v) is 8.22. The Hall–Kier alpha value is -3.24. The van der Waals surface area contributed by atoms with Gasteiger partial charge in [-0.25, -0.2) is 27.7 Å². The molecule has 0 spiro atoms. The Labute approximate surface area is 200 Å². The SMILES string of the molecule is CCS(=O)(=O)N1CCC(C(C)Nc2ncc(C#N)c(-c3c[nH]c4ncc(C(F)(F)F)cc34)n2)CC1. The summed E-state index contributed by atoms with van der Waals surface area (Å²) in [7, 11) is -3.22. The van der Waals surface area contributed by atoms with Gasteiger partial charge < -0.3 is 10.3 Å². The number of H-pyrrole nitrogens is 1. The van der Waals surface area contributed by atoms with Crippen molar-refractivity contribution in [3.63, 3.8) is 0 Å². The molecular formula is C22H24F3N7O2S. The summed E-state index contributed by atoms with van der Waals surface area (Å²) in [5.74, 6) is 0.471. The first-order chi connectivity index (χ1) is 16.5. The summed E-state index contributed by atoms with van der Waals surface area (Å²) in [6.07, 6.45) is 0.328. The van der Waals surface area contributed by atoms with E-state index >= 15 is 0 Å². The summed E-state index contributed by atoms with van der Waals surface area (Å²) in [5, 5.41) is 13.0. The highest BCUT2D eigenvalue weighted by Crippen LogP contribution is 2.35. The number of nitriles is 1. The average molecular weight is 508 g/mol. The maximum absolute atomic E-state index is 13.2. The lowest BCUT2D eigenvalue weighted by molar-refractivity contribution is -0.137. The molecule has 0 radical (unpaired) electrons. The van der Waals surface area contributed by atoms with Gasteiger partial charge in [0.05, 0.1) is 28.8 Å². The number of aromatic amines is 1. The summed E-state index contributed by atoms with van der Waals surface area (Å²) in [6, 6.07) is 2.87. The first kappa shape index (κ1) is 24.9. The lowest BCUT2D eigenvalue weighted by atomic mass is 9.91. The molecular weight excluding hydrogens is 483 g/mol. The van der Waals surface area contributed by atoms with Crippen LogP contribution in [-0.4, -0.2) is 57.5 Å². The Balaban J connectivity index is 1.58. The van der Waals surface area contributed by atoms with Gasteiger partial charge in [0.1, 0.15) is 11.7 Å². The van der Waals surface area contributed by atoms with E-state index in [-0.39, 0.29) is 46.0 Å². The number of fused-ring (bicyclic) bond motifs is 1. The fraction of sp³-hybridized carbons (Fsp3) is 0.455. The number of anilines is 1. The highest BCUT2D eigenvalue weighted by atomic mass is 32.2. The predicted molar refractivity (Wildman–Crippen MR) is 124 cm³/mol. The van der Waals surface area contributed by atoms with Crippen LogP contribution < -0.4 is 5.32 Å². The fourth-order valence-corrected chi connectivity index (χ4v) is 5.38. The van der Waals surface area contributed by atoms with Crippen molar-refractivity contribution in [3.8, 4) is 17.3 Å². The van der Waals surface area contributed by atoms with E-state index in [1.807, 2.05) is 13.0 Å². The Morgan fingerprint density at radius 1 is 1.29 bits per heavy atom. The molecule has 1 saturated heterocycles. The van der Waals surface area contributed by atoms with E-state index in [9.17, 15) is 26.9 Å². The number of pyridine rings is 1. The second-order valence-electron chi connectivity index (χ2n) is 8.46. The third kappa shape index (κ3) is 5.08. The van der Waals surface area contributed by atoms with Gasteiger partial charge in [0, 0.05) is 42.5 Å². The Bertz CT molecular complexity index is 1370. The molecule has 1 fully saturated rings. The molecule has 186 valence electrons. The number of sulfonamides is 1. The van der Waals surface area contributed by atoms with Crippen LogP contribution in [0.15, 0.2) is 24.7 Å². The topological polar surface area (TPSA) is 128 Å². The molecule has 0 bridgehead atoms. The Morgan fingerprint density at radius 3 is 2.63 bits per heavy atom. The average Bonchev–Trinajstić information content (AvgIpc) is 3.26. The van der Waals surface area contributed by atoms with Crippen LogP contribution >= 0.6 is 0 Å². The van der Waals surface area contributed by atoms with Crippen LogP contribution in [0.3, 0.4) is 0 Å². The van der Waals surface area contributed by atoms with Crippen molar-refractivity contribution >= 4 is 27.0 Å². The van der Waals surface area contributed by atoms with Gasteiger partial charge in [-0.1, -0.05) is 0 Å². The van der Waals surface area contributed by atoms with Crippen LogP contribution in [0.5, 0.6) is 0 Å². The number of hydrogen-bond acceptors (Lipinski definition) is 7. The monoisotopic (exact) mass is 507 g/mol. The zero-order valence-corrected chi connectivity index (χ0v) is 19.9. The number of rotatable bonds is 6. The van der Waals surface area contributed by atoms with Gasteiger partial charge in [-0.2, -0.15) is 18.4 Å². The van der Waals surface area contributed by atoms with Crippen LogP contribution in [0.2, 0.25) is 0 Å². The molecule has 9 nitrogen and oxygen atoms in total. The van der Waals surface area contributed by atoms with Gasteiger partial charge in [0.2, 0.25) is 16.0 Å². The zero-order chi connectivity index (χ0) is 25.4. The Kier molecular flexibility index (Phi) is 6.70. The molecule has 13 heteroatoms. The number of aromatic nitrogens is 4. The minimum Gasteiger partial charge on any atom is -0.351 e. The van der Waals surface area contributed by atoms with Crippen molar-refractivity contribution in [2.75, 3.05) is 24.2 Å². The normalized spacial score (nSPS) is 16.8. The fourth-order valence-electron chi connectivity index (χ4n) is 4.25. The number of hydrogen-bond donors (Lipinski definition) is 2. The largest absolute Gasteiger partial charge is 0.417 e. The molecule has 35 heavy (non-hydrogen) atoms. The van der Waals surface area contributed by atoms with Crippen molar-refractivity contribution in [1.82, 2.24) is 24.2 Å². The van der Waals surface area contributed by atoms with E-state index in [2.05, 4.69) is 25.3 Å². The van der Waals surface area contributed by atoms with E-state index in [0.717, 1.165) is 12.3 Å². The lowest BCUT2D eigenvalue weighted by Crippen LogP contribution is -2.42. The lowest BCUT2D eigenvalue weighted by Gasteiger charge is -2.34. The first-order valence-corrected chi connectivity index (χ1v) is 12.7. The van der Waals surface area contributed by atoms with Gasteiger partial charge >= 0.3 is 6.18 Å². The molecule has 0 saturated carbocycles. The van der Waals surface area contributed by atoms with Crippen LogP contribution in [0.25, 0.3) is 22.3 Å². The van der Waals surface area contributed by atoms with Crippen molar-refractivity contribution in [3.05, 3.63) is 35.8 Å². The zero-order valence-electron chi connectivity index (χ0n) is 19.1. The maximum atomic E-state index is 13.2. The standard InChI is InChI=1S/C22H24F3N7O2S/c1-3-35(33,34)32-6-4-14(5-7-32)13(2)30-21-29-10-15(9-26)19(31-21)18-12-28-20-17(18)8-16(11-27-20)22(23,24)25/h8,10-14H,3-7H2,1-2H3,(H,27,28)(H,29,30,31). The summed E-state index contributed by atoms with van der Waals surface area (Å²) in [6.45, 7) is 4.45. The minimum absolute atomic E-state index is 0.0706. The number of nitrogens with one attached hydrogen (secondary N) is 2. The van der Waals surface area contributed by atoms with Crippen molar-refractivity contribution < 1.29 is 21.6 Å². The molecule has 0 amide bonds. The molecule has 4 heterocycles. The van der Waals surface area contributed by atoms with E-state index in [4.69, 9.17) is 0 Å². The number of nitrogens with zero attached hydrogens (tertiary/aromatic N) is 5. The van der Waals surface area contributed by atoms with Crippen LogP contribution in [0.4, 0.5) is 19.1 Å². The number of halogens is 3. The minimum atomic E-state index is -4.56. The van der Waals surface area contributed by atoms with E-state index in [0.29, 0.717) is 31.5 Å². The maximum Gasteiger partial charge on any atom is 0.417 e. The van der Waals surface area contributed by atoms with Crippen molar-refractivity contribution in [2.24, 2.45) is 5.92 Å². The van der Waals surface area contributed by atoms with E-state index in [1.54, 1.807) is 6.92 Å². The molecule has 4 rings (SSSR count). The molecule has 3 aromatic rings. The molecule has 2 N–H and O–H groups in total. The third-order valence-electron chi connectivity index (χ3n) is 6.34. The second kappa shape index (κ2) is 9.43. The summed E-state index contributed by atoms with van der Waals surface area (Å²) in [5.41, 5.74) is -0.0478. The summed E-state index contributed by atoms with van der Waals surface area (Å²) in [4.78, 5) is 15.3. The van der Waals surface area contributed by atoms with Gasteiger partial charge in [-0.3, -0.25) is 0 Å². The highest BCUT2D eigenvalue weighted by Gasteiger charge is 2.32. The quantitative estimate of drug-likeness (QED) is 0.520. The van der Waals surface area contributed by atoms with Gasteiger partial charge in [-0.15, -0.1) is 0 Å². The smallest absolute Gasteiger partial charge is 0.351 e. The summed E-state index contributed by atoms with van der Waals surface area (Å²) >= 11 is 0. The molecule has 1 unspecified atom stereocenters. The molecule has 3 aromatic heterocycles. The Morgan fingerprint density at radius 2 is 2.00 bits per heavy atom. The number of alkyl halides is 3. The molecule has 0 aliphatic carbocycles. The van der Waals surface area contributed by atoms with Gasteiger partial charge in [0.15, 0.2) is 0 Å².